The second-order valence-corrected chi connectivity index (χ2v) is 1.83. The second-order valence-electron chi connectivity index (χ2n) is 1.83. The van der Waals surface area contributed by atoms with E-state index in [-0.39, 0.29) is 5.56 Å². The molecule has 10 heavy (non-hydrogen) atoms. The van der Waals surface area contributed by atoms with Crippen LogP contribution in [0.1, 0.15) is 10.4 Å². The van der Waals surface area contributed by atoms with E-state index in [2.05, 4.69) is 0 Å². The lowest BCUT2D eigenvalue weighted by atomic mass is 10.3. The molecule has 1 aromatic rings. The Kier molecular flexibility index (Phi) is 1.53. The van der Waals surface area contributed by atoms with Gasteiger partial charge in [-0.05, 0) is 6.07 Å². The molecule has 0 saturated heterocycles. The van der Waals surface area contributed by atoms with Crippen molar-refractivity contribution in [2.24, 2.45) is 0 Å². The first-order valence-corrected chi connectivity index (χ1v) is 2.68. The largest absolute Gasteiger partial charge is 0.545 e. The molecule has 52 valence electrons. The molecule has 0 atom stereocenters. The molecule has 0 aliphatic rings. The maximum atomic E-state index is 10.2. The predicted octanol–water partition coefficient (Wildman–Crippen LogP) is -1.95. The number of carbonyl (C=O) groups excluding carboxylic acids is 1. The Labute approximate surface area is 57.5 Å². The first-order chi connectivity index (χ1) is 4.70. The summed E-state index contributed by atoms with van der Waals surface area (Å²) in [5.41, 5.74) is 0.0741. The molecule has 0 aliphatic heterocycles. The van der Waals surface area contributed by atoms with Crippen LogP contribution in [0.2, 0.25) is 0 Å². The van der Waals surface area contributed by atoms with Crippen LogP contribution in [-0.2, 0) is 0 Å². The number of rotatable bonds is 1. The summed E-state index contributed by atoms with van der Waals surface area (Å²) in [5, 5.41) is 10.2. The fourth-order valence-electron chi connectivity index (χ4n) is 0.613. The van der Waals surface area contributed by atoms with Crippen LogP contribution in [0.3, 0.4) is 0 Å². The molecular weight excluding hydrogens is 132 g/mol. The molecular formula is C6H6N2O2. The van der Waals surface area contributed by atoms with Crippen molar-refractivity contribution in [2.75, 3.05) is 5.84 Å². The quantitative estimate of drug-likeness (QED) is 0.362. The highest BCUT2D eigenvalue weighted by atomic mass is 16.4. The number of nitrogens with zero attached hydrogens (tertiary/aromatic N) is 1. The number of aromatic nitrogens is 1. The standard InChI is InChI=1S/C6H6N2O2/c7-8-3-1-2-5(4-8)6(9)10/h1-4H,7H2. The molecule has 4 heteroatoms. The molecule has 1 heterocycles. The van der Waals surface area contributed by atoms with Gasteiger partial charge in [-0.25, -0.2) is 5.84 Å². The number of hydrogen-bond donors (Lipinski definition) is 1. The van der Waals surface area contributed by atoms with Crippen molar-refractivity contribution >= 4 is 5.97 Å². The van der Waals surface area contributed by atoms with Gasteiger partial charge in [-0.15, -0.1) is 0 Å². The highest BCUT2D eigenvalue weighted by molar-refractivity contribution is 5.84. The molecule has 0 unspecified atom stereocenters. The number of carboxylic acids is 1. The van der Waals surface area contributed by atoms with Crippen LogP contribution < -0.4 is 15.6 Å². The molecule has 0 radical (unpaired) electrons. The van der Waals surface area contributed by atoms with Crippen molar-refractivity contribution in [3.05, 3.63) is 30.1 Å². The van der Waals surface area contributed by atoms with Crippen molar-refractivity contribution in [2.45, 2.75) is 0 Å². The fraction of sp³-hybridized carbons (Fsp3) is 0. The third-order valence-electron chi connectivity index (χ3n) is 1.06. The lowest BCUT2D eigenvalue weighted by Crippen LogP contribution is -2.44. The monoisotopic (exact) mass is 138 g/mol. The Balaban J connectivity index is 3.07. The molecule has 4 nitrogen and oxygen atoms in total. The zero-order valence-electron chi connectivity index (χ0n) is 5.15. The van der Waals surface area contributed by atoms with Gasteiger partial charge in [0.25, 0.3) is 0 Å². The Morgan fingerprint density at radius 3 is 2.80 bits per heavy atom. The lowest BCUT2D eigenvalue weighted by molar-refractivity contribution is -0.639. The minimum absolute atomic E-state index is 0.0741. The smallest absolute Gasteiger partial charge is 0.208 e. The van der Waals surface area contributed by atoms with Crippen molar-refractivity contribution in [3.8, 4) is 0 Å². The number of hydrogen-bond acceptors (Lipinski definition) is 3. The molecule has 0 aliphatic carbocycles. The molecule has 1 aromatic heterocycles. The number of pyridine rings is 1. The van der Waals surface area contributed by atoms with Gasteiger partial charge in [0.15, 0.2) is 6.20 Å². The topological polar surface area (TPSA) is 70.0 Å². The zero-order valence-corrected chi connectivity index (χ0v) is 5.15. The summed E-state index contributed by atoms with van der Waals surface area (Å²) in [5.74, 6) is 4.00. The number of aromatic carboxylic acids is 1. The molecule has 0 bridgehead atoms. The Morgan fingerprint density at radius 1 is 1.70 bits per heavy atom. The molecule has 0 saturated carbocycles. The van der Waals surface area contributed by atoms with Crippen LogP contribution in [-0.4, -0.2) is 5.97 Å². The third kappa shape index (κ3) is 1.22. The van der Waals surface area contributed by atoms with Crippen LogP contribution in [0, 0.1) is 0 Å². The Morgan fingerprint density at radius 2 is 2.40 bits per heavy atom. The van der Waals surface area contributed by atoms with Crippen molar-refractivity contribution in [1.82, 2.24) is 0 Å². The van der Waals surface area contributed by atoms with Gasteiger partial charge in [-0.2, -0.15) is 0 Å². The molecule has 1 rings (SSSR count). The summed E-state index contributed by atoms with van der Waals surface area (Å²) in [7, 11) is 0. The summed E-state index contributed by atoms with van der Waals surface area (Å²) in [6.45, 7) is 0. The number of nitrogens with two attached hydrogens (primary N) is 1. The minimum atomic E-state index is -1.22. The Hall–Kier alpha value is -1.58. The van der Waals surface area contributed by atoms with Gasteiger partial charge in [-0.1, -0.05) is 4.68 Å². The number of carbonyl (C=O) groups is 1. The first kappa shape index (κ1) is 6.54. The highest BCUT2D eigenvalue weighted by Gasteiger charge is 1.97. The highest BCUT2D eigenvalue weighted by Crippen LogP contribution is 1.88. The average molecular weight is 138 g/mol. The van der Waals surface area contributed by atoms with Crippen LogP contribution in [0.4, 0.5) is 0 Å². The number of nitrogen functional groups attached to an aromatic ring is 1. The van der Waals surface area contributed by atoms with Crippen LogP contribution in [0.25, 0.3) is 0 Å². The van der Waals surface area contributed by atoms with Gasteiger partial charge in [0, 0.05) is 6.07 Å². The van der Waals surface area contributed by atoms with E-state index in [1.807, 2.05) is 0 Å². The molecule has 0 amide bonds. The summed E-state index contributed by atoms with van der Waals surface area (Å²) in [4.78, 5) is 10.2. The minimum Gasteiger partial charge on any atom is -0.545 e. The summed E-state index contributed by atoms with van der Waals surface area (Å²) in [6, 6.07) is 2.95. The van der Waals surface area contributed by atoms with Gasteiger partial charge in [0.2, 0.25) is 6.20 Å². The summed E-state index contributed by atoms with van der Waals surface area (Å²) >= 11 is 0. The van der Waals surface area contributed by atoms with E-state index in [1.165, 1.54) is 24.5 Å². The SMILES string of the molecule is N[n+]1cccc(C(=O)[O-])c1. The fourth-order valence-corrected chi connectivity index (χ4v) is 0.613. The van der Waals surface area contributed by atoms with E-state index < -0.39 is 5.97 Å². The van der Waals surface area contributed by atoms with Crippen LogP contribution in [0.5, 0.6) is 0 Å². The van der Waals surface area contributed by atoms with Crippen LogP contribution in [0.15, 0.2) is 24.5 Å². The maximum Gasteiger partial charge on any atom is 0.208 e. The molecule has 2 N–H and O–H groups in total. The number of carboxylic acid groups (broad SMARTS) is 1. The molecule has 0 fully saturated rings. The third-order valence-corrected chi connectivity index (χ3v) is 1.06. The molecule has 0 aromatic carbocycles. The van der Waals surface area contributed by atoms with E-state index in [1.54, 1.807) is 0 Å². The van der Waals surface area contributed by atoms with Gasteiger partial charge >= 0.3 is 0 Å². The van der Waals surface area contributed by atoms with Gasteiger partial charge in [0.05, 0.1) is 11.5 Å². The predicted molar refractivity (Wildman–Crippen MR) is 31.1 cm³/mol. The zero-order chi connectivity index (χ0) is 7.56. The van der Waals surface area contributed by atoms with Gasteiger partial charge < -0.3 is 9.90 Å². The van der Waals surface area contributed by atoms with E-state index in [0.29, 0.717) is 0 Å². The normalized spacial score (nSPS) is 9.20. The van der Waals surface area contributed by atoms with Crippen LogP contribution >= 0.6 is 0 Å². The average Bonchev–Trinajstić information content (AvgIpc) is 1.88. The lowest BCUT2D eigenvalue weighted by Gasteiger charge is -1.96. The summed E-state index contributed by atoms with van der Waals surface area (Å²) < 4.78 is 1.16. The summed E-state index contributed by atoms with van der Waals surface area (Å²) in [6.07, 6.45) is 2.81. The molecule has 0 spiro atoms. The Bertz CT molecular complexity index is 260. The first-order valence-electron chi connectivity index (χ1n) is 2.68. The van der Waals surface area contributed by atoms with Crippen molar-refractivity contribution < 1.29 is 14.6 Å². The van der Waals surface area contributed by atoms with Gasteiger partial charge in [-0.3, -0.25) is 0 Å². The maximum absolute atomic E-state index is 10.2. The van der Waals surface area contributed by atoms with Gasteiger partial charge in [0.1, 0.15) is 0 Å². The second kappa shape index (κ2) is 2.34. The van der Waals surface area contributed by atoms with E-state index in [0.717, 1.165) is 4.68 Å². The van der Waals surface area contributed by atoms with Crippen molar-refractivity contribution in [3.63, 3.8) is 0 Å². The van der Waals surface area contributed by atoms with E-state index >= 15 is 0 Å². The van der Waals surface area contributed by atoms with E-state index in [4.69, 9.17) is 5.84 Å². The van der Waals surface area contributed by atoms with E-state index in [9.17, 15) is 9.90 Å². The van der Waals surface area contributed by atoms with Crippen molar-refractivity contribution in [1.29, 1.82) is 0 Å².